The van der Waals surface area contributed by atoms with Gasteiger partial charge in [0.05, 0.1) is 43.1 Å². The lowest BCUT2D eigenvalue weighted by atomic mass is 9.43. The van der Waals surface area contributed by atoms with E-state index >= 15 is 0 Å². The van der Waals surface area contributed by atoms with Gasteiger partial charge in [-0.1, -0.05) is 34.1 Å². The number of hydrogen-bond acceptors (Lipinski definition) is 7. The van der Waals surface area contributed by atoms with Crippen molar-refractivity contribution >= 4 is 12.2 Å². The Labute approximate surface area is 264 Å². The first-order valence-electron chi connectivity index (χ1n) is 18.0. The number of fused-ring (bicyclic) bond motifs is 5. The fraction of sp³-hybridized carbons (Fsp3) is 0.944. The molecule has 44 heavy (non-hydrogen) atoms. The minimum atomic E-state index is -0.715. The van der Waals surface area contributed by atoms with Crippen molar-refractivity contribution in [3.8, 4) is 0 Å². The molecule has 248 valence electrons. The van der Waals surface area contributed by atoms with Gasteiger partial charge in [0.2, 0.25) is 5.91 Å². The summed E-state index contributed by atoms with van der Waals surface area (Å²) in [6, 6.07) is 0. The summed E-state index contributed by atoms with van der Waals surface area (Å²) in [7, 11) is 0. The van der Waals surface area contributed by atoms with Crippen molar-refractivity contribution in [1.29, 1.82) is 0 Å². The van der Waals surface area contributed by atoms with Gasteiger partial charge in [0.15, 0.2) is 6.29 Å². The molecule has 2 aliphatic heterocycles. The van der Waals surface area contributed by atoms with Gasteiger partial charge in [0, 0.05) is 19.4 Å². The normalized spacial score (nSPS) is 50.0. The Morgan fingerprint density at radius 1 is 1.11 bits per heavy atom. The van der Waals surface area contributed by atoms with Crippen LogP contribution in [0.25, 0.3) is 0 Å². The number of ether oxygens (including phenoxy) is 3. The molecule has 7 aliphatic rings. The lowest BCUT2D eigenvalue weighted by Gasteiger charge is -2.64. The molecule has 12 unspecified atom stereocenters. The van der Waals surface area contributed by atoms with Crippen LogP contribution >= 0.6 is 0 Å². The third-order valence-electron chi connectivity index (χ3n) is 14.6. The summed E-state index contributed by atoms with van der Waals surface area (Å²) in [6.07, 6.45) is 12.5. The van der Waals surface area contributed by atoms with Crippen molar-refractivity contribution in [2.24, 2.45) is 51.6 Å². The van der Waals surface area contributed by atoms with Crippen LogP contribution in [0.5, 0.6) is 0 Å². The van der Waals surface area contributed by atoms with E-state index in [9.17, 15) is 14.7 Å². The minimum absolute atomic E-state index is 0.0287. The Morgan fingerprint density at radius 2 is 1.91 bits per heavy atom. The zero-order chi connectivity index (χ0) is 31.1. The first-order chi connectivity index (χ1) is 20.9. The van der Waals surface area contributed by atoms with E-state index in [1.807, 2.05) is 4.90 Å². The smallest absolute Gasteiger partial charge is 0.223 e. The van der Waals surface area contributed by atoms with Gasteiger partial charge < -0.3 is 34.7 Å². The Kier molecular flexibility index (Phi) is 8.08. The fourth-order valence-corrected chi connectivity index (χ4v) is 12.3. The van der Waals surface area contributed by atoms with Gasteiger partial charge in [-0.25, -0.2) is 0 Å². The van der Waals surface area contributed by atoms with Gasteiger partial charge in [0.25, 0.3) is 0 Å². The quantitative estimate of drug-likeness (QED) is 0.412. The Balaban J connectivity index is 1.08. The number of hydrogen-bond donors (Lipinski definition) is 2. The number of nitrogens with zero attached hydrogens (tertiary/aromatic N) is 1. The first kappa shape index (κ1) is 31.5. The lowest BCUT2D eigenvalue weighted by molar-refractivity contribution is -0.251. The van der Waals surface area contributed by atoms with Crippen molar-refractivity contribution in [3.05, 3.63) is 0 Å². The van der Waals surface area contributed by atoms with Crippen molar-refractivity contribution in [2.45, 2.75) is 147 Å². The SMILES string of the molecule is CC1CC(CC=O)OC2C1C1(C)CCCC34CCC(OC5CN(C(=O)CC6CC6)CCO5)C(C)(C)C3CCC(C4)C1(N)C2O. The second-order valence-corrected chi connectivity index (χ2v) is 17.2. The monoisotopic (exact) mass is 614 g/mol. The van der Waals surface area contributed by atoms with Gasteiger partial charge in [0.1, 0.15) is 6.29 Å². The zero-order valence-electron chi connectivity index (χ0n) is 27.7. The summed E-state index contributed by atoms with van der Waals surface area (Å²) < 4.78 is 19.4. The molecule has 2 heterocycles. The van der Waals surface area contributed by atoms with Gasteiger partial charge in [-0.05, 0) is 110 Å². The Morgan fingerprint density at radius 3 is 2.66 bits per heavy atom. The number of carbonyl (C=O) groups excluding carboxylic acids is 2. The molecular formula is C36H58N2O6. The van der Waals surface area contributed by atoms with E-state index in [2.05, 4.69) is 27.7 Å². The topological polar surface area (TPSA) is 111 Å². The van der Waals surface area contributed by atoms with Gasteiger partial charge in [-0.3, -0.25) is 4.79 Å². The number of carbonyl (C=O) groups is 2. The number of aliphatic hydroxyl groups is 1. The number of aliphatic hydroxyl groups excluding tert-OH is 1. The van der Waals surface area contributed by atoms with Gasteiger partial charge in [-0.2, -0.15) is 0 Å². The third-order valence-corrected chi connectivity index (χ3v) is 14.6. The third kappa shape index (κ3) is 4.86. The largest absolute Gasteiger partial charge is 0.388 e. The molecule has 3 N–H and O–H groups in total. The molecule has 2 bridgehead atoms. The number of morpholine rings is 1. The van der Waals surface area contributed by atoms with E-state index in [0.29, 0.717) is 50.3 Å². The van der Waals surface area contributed by atoms with E-state index in [-0.39, 0.29) is 58.6 Å². The molecule has 7 rings (SSSR count). The molecule has 0 aromatic rings. The maximum atomic E-state index is 12.8. The summed E-state index contributed by atoms with van der Waals surface area (Å²) in [4.78, 5) is 26.2. The summed E-state index contributed by atoms with van der Waals surface area (Å²) in [6.45, 7) is 11.2. The molecule has 1 spiro atoms. The Bertz CT molecular complexity index is 1110. The van der Waals surface area contributed by atoms with E-state index in [1.165, 1.54) is 19.3 Å². The highest BCUT2D eigenvalue weighted by Gasteiger charge is 2.72. The molecule has 8 heteroatoms. The molecule has 0 radical (unpaired) electrons. The maximum Gasteiger partial charge on any atom is 0.223 e. The maximum absolute atomic E-state index is 12.8. The van der Waals surface area contributed by atoms with Crippen LogP contribution in [0.2, 0.25) is 0 Å². The zero-order valence-corrected chi connectivity index (χ0v) is 27.7. The highest BCUT2D eigenvalue weighted by molar-refractivity contribution is 5.76. The van der Waals surface area contributed by atoms with E-state index < -0.39 is 11.6 Å². The van der Waals surface area contributed by atoms with Gasteiger partial charge >= 0.3 is 0 Å². The molecule has 8 nitrogen and oxygen atoms in total. The van der Waals surface area contributed by atoms with Crippen LogP contribution in [-0.4, -0.2) is 78.1 Å². The molecule has 7 fully saturated rings. The van der Waals surface area contributed by atoms with Crippen LogP contribution in [0, 0.1) is 45.8 Å². The van der Waals surface area contributed by atoms with E-state index in [1.54, 1.807) is 0 Å². The molecule has 5 aliphatic carbocycles. The number of rotatable bonds is 6. The van der Waals surface area contributed by atoms with Crippen molar-refractivity contribution in [2.75, 3.05) is 19.7 Å². The minimum Gasteiger partial charge on any atom is -0.388 e. The Hall–Kier alpha value is -1.06. The predicted molar refractivity (Wildman–Crippen MR) is 166 cm³/mol. The second-order valence-electron chi connectivity index (χ2n) is 17.2. The van der Waals surface area contributed by atoms with Crippen LogP contribution in [-0.2, 0) is 23.8 Å². The first-order valence-corrected chi connectivity index (χ1v) is 18.0. The lowest BCUT2D eigenvalue weighted by Crippen LogP contribution is -2.67. The van der Waals surface area contributed by atoms with Crippen molar-refractivity contribution in [1.82, 2.24) is 4.90 Å². The van der Waals surface area contributed by atoms with Crippen LogP contribution in [0.3, 0.4) is 0 Å². The molecular weight excluding hydrogens is 556 g/mol. The molecule has 0 aromatic heterocycles. The highest BCUT2D eigenvalue weighted by atomic mass is 16.7. The average molecular weight is 615 g/mol. The second kappa shape index (κ2) is 11.3. The molecule has 0 aromatic carbocycles. The summed E-state index contributed by atoms with van der Waals surface area (Å²) >= 11 is 0. The number of amides is 1. The number of nitrogens with two attached hydrogens (primary N) is 1. The highest BCUT2D eigenvalue weighted by Crippen LogP contribution is 2.69. The summed E-state index contributed by atoms with van der Waals surface area (Å²) in [5, 5.41) is 12.1. The number of aldehydes is 1. The average Bonchev–Trinajstić information content (AvgIpc) is 3.78. The molecule has 2 saturated heterocycles. The molecule has 1 amide bonds. The van der Waals surface area contributed by atoms with E-state index in [0.717, 1.165) is 57.7 Å². The van der Waals surface area contributed by atoms with Gasteiger partial charge in [-0.15, -0.1) is 0 Å². The van der Waals surface area contributed by atoms with Crippen molar-refractivity contribution in [3.63, 3.8) is 0 Å². The van der Waals surface area contributed by atoms with Crippen LogP contribution < -0.4 is 5.73 Å². The van der Waals surface area contributed by atoms with Crippen LogP contribution in [0.4, 0.5) is 0 Å². The fourth-order valence-electron chi connectivity index (χ4n) is 12.3. The summed E-state index contributed by atoms with van der Waals surface area (Å²) in [5.74, 6) is 2.18. The van der Waals surface area contributed by atoms with Crippen LogP contribution in [0.1, 0.15) is 111 Å². The molecule has 5 saturated carbocycles. The van der Waals surface area contributed by atoms with Crippen LogP contribution in [0.15, 0.2) is 0 Å². The summed E-state index contributed by atoms with van der Waals surface area (Å²) in [5.41, 5.74) is 6.91. The van der Waals surface area contributed by atoms with E-state index in [4.69, 9.17) is 19.9 Å². The molecule has 12 atom stereocenters. The van der Waals surface area contributed by atoms with Crippen molar-refractivity contribution < 1.29 is 28.9 Å². The standard InChI is InChI=1S/C36H58N2O6/c1-22-18-25(11-16-39)43-31-30(22)34(4)12-5-13-35-14-10-27(44-29-21-38(15-17-42-29)28(40)19-23-6-7-23)33(2,3)26(35)9-8-24(20-35)36(34,37)32(31)41/h16,22-27,29-32,41H,5-15,17-21,37H2,1-4H3. The predicted octanol–water partition coefficient (Wildman–Crippen LogP) is 4.84.